The zero-order valence-electron chi connectivity index (χ0n) is 15.6. The smallest absolute Gasteiger partial charge is 0.115 e. The minimum absolute atomic E-state index is 0.0726. The van der Waals surface area contributed by atoms with Crippen LogP contribution < -0.4 is 15.5 Å². The Labute approximate surface area is 155 Å². The summed E-state index contributed by atoms with van der Waals surface area (Å²) in [6.45, 7) is 6.67. The van der Waals surface area contributed by atoms with Gasteiger partial charge in [0.2, 0.25) is 0 Å². The molecule has 3 unspecified atom stereocenters. The number of H-pyrrole nitrogens is 1. The molecule has 2 aromatic rings. The molecule has 140 valence electrons. The lowest BCUT2D eigenvalue weighted by atomic mass is 9.74. The summed E-state index contributed by atoms with van der Waals surface area (Å²) in [6.07, 6.45) is 7.07. The number of nitrogens with zero attached hydrogens (tertiary/aromatic N) is 2. The molecule has 2 saturated heterocycles. The molecule has 0 amide bonds. The van der Waals surface area contributed by atoms with Crippen LogP contribution in [0.25, 0.3) is 0 Å². The quantitative estimate of drug-likeness (QED) is 0.678. The Kier molecular flexibility index (Phi) is 4.63. The predicted octanol–water partition coefficient (Wildman–Crippen LogP) is 2.04. The molecule has 4 N–H and O–H groups in total. The topological polar surface area (TPSA) is 76.2 Å². The van der Waals surface area contributed by atoms with Crippen molar-refractivity contribution in [1.82, 2.24) is 20.8 Å². The van der Waals surface area contributed by atoms with Crippen molar-refractivity contribution in [2.24, 2.45) is 0 Å². The summed E-state index contributed by atoms with van der Waals surface area (Å²) in [5, 5.41) is 24.2. The Morgan fingerprint density at radius 1 is 1.19 bits per heavy atom. The summed E-state index contributed by atoms with van der Waals surface area (Å²) in [6, 6.07) is 8.81. The summed E-state index contributed by atoms with van der Waals surface area (Å²) < 4.78 is 0. The van der Waals surface area contributed by atoms with Crippen molar-refractivity contribution in [1.29, 1.82) is 0 Å². The largest absolute Gasteiger partial charge is 0.508 e. The van der Waals surface area contributed by atoms with E-state index in [9.17, 15) is 5.11 Å². The lowest BCUT2D eigenvalue weighted by Gasteiger charge is -2.60. The summed E-state index contributed by atoms with van der Waals surface area (Å²) in [5.74, 6) is 0.315. The van der Waals surface area contributed by atoms with Gasteiger partial charge in [-0.2, -0.15) is 5.10 Å². The number of aromatic hydroxyl groups is 1. The number of hydrogen-bond donors (Lipinski definition) is 4. The van der Waals surface area contributed by atoms with Gasteiger partial charge in [-0.1, -0.05) is 0 Å². The number of aromatic nitrogens is 2. The van der Waals surface area contributed by atoms with Gasteiger partial charge in [0.25, 0.3) is 0 Å². The van der Waals surface area contributed by atoms with E-state index in [1.165, 1.54) is 11.3 Å². The van der Waals surface area contributed by atoms with Gasteiger partial charge >= 0.3 is 0 Å². The molecule has 26 heavy (non-hydrogen) atoms. The van der Waals surface area contributed by atoms with Gasteiger partial charge in [-0.15, -0.1) is 0 Å². The van der Waals surface area contributed by atoms with E-state index in [2.05, 4.69) is 51.7 Å². The van der Waals surface area contributed by atoms with Gasteiger partial charge in [0.15, 0.2) is 0 Å². The van der Waals surface area contributed by atoms with Crippen molar-refractivity contribution in [3.05, 3.63) is 42.2 Å². The highest BCUT2D eigenvalue weighted by molar-refractivity contribution is 5.54. The van der Waals surface area contributed by atoms with E-state index in [-0.39, 0.29) is 5.54 Å². The lowest BCUT2D eigenvalue weighted by Crippen LogP contribution is -2.75. The summed E-state index contributed by atoms with van der Waals surface area (Å²) in [5.41, 5.74) is 2.49. The zero-order valence-corrected chi connectivity index (χ0v) is 15.6. The van der Waals surface area contributed by atoms with Crippen LogP contribution in [0.1, 0.15) is 32.3 Å². The molecule has 1 spiro atoms. The van der Waals surface area contributed by atoms with Crippen LogP contribution in [0.3, 0.4) is 0 Å². The van der Waals surface area contributed by atoms with Crippen LogP contribution in [0, 0.1) is 0 Å². The molecule has 0 saturated carbocycles. The van der Waals surface area contributed by atoms with Crippen molar-refractivity contribution in [3.8, 4) is 5.75 Å². The number of anilines is 1. The van der Waals surface area contributed by atoms with Crippen LogP contribution in [-0.4, -0.2) is 52.1 Å². The van der Waals surface area contributed by atoms with Crippen molar-refractivity contribution in [2.75, 3.05) is 18.0 Å². The second-order valence-corrected chi connectivity index (χ2v) is 7.80. The fourth-order valence-electron chi connectivity index (χ4n) is 4.92. The van der Waals surface area contributed by atoms with E-state index in [0.717, 1.165) is 32.4 Å². The Morgan fingerprint density at radius 2 is 1.92 bits per heavy atom. The van der Waals surface area contributed by atoms with Crippen LogP contribution in [0.5, 0.6) is 5.75 Å². The summed E-state index contributed by atoms with van der Waals surface area (Å²) >= 11 is 0. The van der Waals surface area contributed by atoms with Gasteiger partial charge in [0.1, 0.15) is 5.75 Å². The third kappa shape index (κ3) is 2.97. The fraction of sp³-hybridized carbons (Fsp3) is 0.550. The fourth-order valence-corrected chi connectivity index (χ4v) is 4.92. The first kappa shape index (κ1) is 17.4. The number of rotatable bonds is 3. The van der Waals surface area contributed by atoms with Crippen molar-refractivity contribution in [2.45, 2.75) is 56.8 Å². The molecule has 3 heterocycles. The maximum absolute atomic E-state index is 9.78. The van der Waals surface area contributed by atoms with Crippen molar-refractivity contribution >= 4 is 5.69 Å². The maximum Gasteiger partial charge on any atom is 0.115 e. The molecule has 2 aliphatic rings. The molecule has 2 aliphatic heterocycles. The standard InChI is InChI=1S/C20H29N5O/c1-14-19(11-16-12-22-23-13-16)25(17-3-5-18(26)6-4-17)20(15(2)24-14)7-9-21-10-8-20/h3-6,12-15,19,21,24,26H,7-11H2,1-2H3,(H,22,23). The van der Waals surface area contributed by atoms with E-state index in [4.69, 9.17) is 0 Å². The van der Waals surface area contributed by atoms with E-state index in [1.54, 1.807) is 12.1 Å². The Balaban J connectivity index is 1.77. The van der Waals surface area contributed by atoms with Gasteiger partial charge in [-0.05, 0) is 76.0 Å². The Bertz CT molecular complexity index is 708. The highest BCUT2D eigenvalue weighted by Crippen LogP contribution is 2.41. The number of benzene rings is 1. The maximum atomic E-state index is 9.78. The number of piperazine rings is 1. The number of phenols is 1. The third-order valence-electron chi connectivity index (χ3n) is 6.30. The minimum Gasteiger partial charge on any atom is -0.508 e. The molecule has 1 aromatic heterocycles. The average Bonchev–Trinajstić information content (AvgIpc) is 3.15. The number of nitrogens with one attached hydrogen (secondary N) is 3. The van der Waals surface area contributed by atoms with Gasteiger partial charge in [0.05, 0.1) is 11.7 Å². The second kappa shape index (κ2) is 6.93. The molecule has 6 heteroatoms. The van der Waals surface area contributed by atoms with Crippen LogP contribution in [-0.2, 0) is 6.42 Å². The molecular formula is C20H29N5O. The molecule has 4 rings (SSSR count). The minimum atomic E-state index is 0.0726. The molecule has 0 bridgehead atoms. The molecule has 3 atom stereocenters. The first-order valence-electron chi connectivity index (χ1n) is 9.63. The van der Waals surface area contributed by atoms with E-state index in [1.807, 2.05) is 12.4 Å². The monoisotopic (exact) mass is 355 g/mol. The van der Waals surface area contributed by atoms with E-state index >= 15 is 0 Å². The van der Waals surface area contributed by atoms with Gasteiger partial charge in [-0.25, -0.2) is 0 Å². The summed E-state index contributed by atoms with van der Waals surface area (Å²) in [7, 11) is 0. The lowest BCUT2D eigenvalue weighted by molar-refractivity contribution is 0.144. The van der Waals surface area contributed by atoms with Gasteiger partial charge in [0, 0.05) is 30.0 Å². The van der Waals surface area contributed by atoms with Crippen LogP contribution in [0.15, 0.2) is 36.7 Å². The first-order valence-corrected chi connectivity index (χ1v) is 9.63. The van der Waals surface area contributed by atoms with Crippen LogP contribution in [0.2, 0.25) is 0 Å². The SMILES string of the molecule is CC1NC(C)C2(CCNCC2)N(c2ccc(O)cc2)C1Cc1cn[nH]c1. The highest BCUT2D eigenvalue weighted by Gasteiger charge is 2.50. The number of phenolic OH excluding ortho intramolecular Hbond substituents is 1. The first-order chi connectivity index (χ1) is 12.6. The third-order valence-corrected chi connectivity index (χ3v) is 6.30. The molecule has 0 radical (unpaired) electrons. The number of aromatic amines is 1. The predicted molar refractivity (Wildman–Crippen MR) is 104 cm³/mol. The molecule has 2 fully saturated rings. The Hall–Kier alpha value is -2.05. The highest BCUT2D eigenvalue weighted by atomic mass is 16.3. The molecular weight excluding hydrogens is 326 g/mol. The average molecular weight is 355 g/mol. The number of hydrogen-bond acceptors (Lipinski definition) is 5. The van der Waals surface area contributed by atoms with Gasteiger partial charge in [-0.3, -0.25) is 5.10 Å². The van der Waals surface area contributed by atoms with E-state index < -0.39 is 0 Å². The van der Waals surface area contributed by atoms with Crippen LogP contribution in [0.4, 0.5) is 5.69 Å². The zero-order chi connectivity index (χ0) is 18.1. The second-order valence-electron chi connectivity index (χ2n) is 7.80. The molecule has 1 aromatic carbocycles. The van der Waals surface area contributed by atoms with Gasteiger partial charge < -0.3 is 20.6 Å². The van der Waals surface area contributed by atoms with E-state index in [0.29, 0.717) is 23.9 Å². The normalized spacial score (nSPS) is 28.4. The van der Waals surface area contributed by atoms with Crippen molar-refractivity contribution in [3.63, 3.8) is 0 Å². The van der Waals surface area contributed by atoms with Crippen molar-refractivity contribution < 1.29 is 5.11 Å². The number of piperidine rings is 1. The Morgan fingerprint density at radius 3 is 2.58 bits per heavy atom. The molecule has 0 aliphatic carbocycles. The molecule has 6 nitrogen and oxygen atoms in total. The summed E-state index contributed by atoms with van der Waals surface area (Å²) in [4.78, 5) is 2.64. The van der Waals surface area contributed by atoms with Crippen LogP contribution >= 0.6 is 0 Å².